The fraction of sp³-hybridized carbons (Fsp3) is 0.133. The SMILES string of the molecule is O=C(c1ccc(Br)cc1)C(Br)C(Br)c1cccc(Br)c1. The molecule has 0 saturated carbocycles. The van der Waals surface area contributed by atoms with Gasteiger partial charge in [-0.15, -0.1) is 0 Å². The lowest BCUT2D eigenvalue weighted by atomic mass is 10.0. The van der Waals surface area contributed by atoms with Gasteiger partial charge in [-0.05, 0) is 29.8 Å². The fourth-order valence-electron chi connectivity index (χ4n) is 1.75. The van der Waals surface area contributed by atoms with E-state index in [1.54, 1.807) is 0 Å². The van der Waals surface area contributed by atoms with Crippen LogP contribution in [0.1, 0.15) is 20.7 Å². The summed E-state index contributed by atoms with van der Waals surface area (Å²) in [6.07, 6.45) is 0. The van der Waals surface area contributed by atoms with E-state index < -0.39 is 0 Å². The minimum atomic E-state index is -0.321. The predicted octanol–water partition coefficient (Wildman–Crippen LogP) is 6.29. The molecule has 0 N–H and O–H groups in total. The van der Waals surface area contributed by atoms with E-state index in [0.29, 0.717) is 5.56 Å². The minimum absolute atomic E-state index is 0.0550. The summed E-state index contributed by atoms with van der Waals surface area (Å²) >= 11 is 13.9. The van der Waals surface area contributed by atoms with Crippen molar-refractivity contribution in [1.82, 2.24) is 0 Å². The van der Waals surface area contributed by atoms with E-state index in [2.05, 4.69) is 63.7 Å². The van der Waals surface area contributed by atoms with Crippen molar-refractivity contribution in [2.75, 3.05) is 0 Å². The second kappa shape index (κ2) is 7.34. The summed E-state index contributed by atoms with van der Waals surface area (Å²) in [4.78, 5) is 12.0. The molecule has 2 rings (SSSR count). The Morgan fingerprint density at radius 3 is 2.15 bits per heavy atom. The first kappa shape index (κ1) is 16.4. The van der Waals surface area contributed by atoms with Crippen LogP contribution in [0.3, 0.4) is 0 Å². The number of alkyl halides is 2. The lowest BCUT2D eigenvalue weighted by Gasteiger charge is -2.16. The second-order valence-corrected chi connectivity index (χ2v) is 8.03. The summed E-state index contributed by atoms with van der Waals surface area (Å²) in [5, 5.41) is 0. The van der Waals surface area contributed by atoms with Crippen LogP contribution < -0.4 is 0 Å². The molecule has 0 aliphatic heterocycles. The lowest BCUT2D eigenvalue weighted by molar-refractivity contribution is 0.0991. The summed E-state index contributed by atoms with van der Waals surface area (Å²) in [6.45, 7) is 0. The molecule has 20 heavy (non-hydrogen) atoms. The van der Waals surface area contributed by atoms with E-state index in [1.807, 2.05) is 48.5 Å². The van der Waals surface area contributed by atoms with Gasteiger partial charge < -0.3 is 0 Å². The van der Waals surface area contributed by atoms with Gasteiger partial charge in [-0.3, -0.25) is 4.79 Å². The molecule has 0 bridgehead atoms. The van der Waals surface area contributed by atoms with E-state index in [0.717, 1.165) is 14.5 Å². The summed E-state index contributed by atoms with van der Waals surface area (Å²) in [7, 11) is 0. The second-order valence-electron chi connectivity index (χ2n) is 4.23. The van der Waals surface area contributed by atoms with Crippen molar-refractivity contribution < 1.29 is 4.79 Å². The van der Waals surface area contributed by atoms with Crippen molar-refractivity contribution in [2.24, 2.45) is 0 Å². The van der Waals surface area contributed by atoms with Crippen molar-refractivity contribution in [2.45, 2.75) is 9.65 Å². The van der Waals surface area contributed by atoms with Crippen molar-refractivity contribution in [1.29, 1.82) is 0 Å². The van der Waals surface area contributed by atoms with Crippen molar-refractivity contribution >= 4 is 69.5 Å². The summed E-state index contributed by atoms with van der Waals surface area (Å²) in [5.41, 5.74) is 1.74. The molecule has 0 aliphatic rings. The Bertz CT molecular complexity index is 610. The lowest BCUT2D eigenvalue weighted by Crippen LogP contribution is -2.19. The van der Waals surface area contributed by atoms with Gasteiger partial charge in [-0.25, -0.2) is 0 Å². The Hall–Kier alpha value is 0.0300. The summed E-state index contributed by atoms with van der Waals surface area (Å²) < 4.78 is 1.96. The standard InChI is InChI=1S/C15H10Br4O/c16-11-6-4-9(5-7-11)15(20)14(19)13(18)10-2-1-3-12(17)8-10/h1-8,13-14H. The zero-order valence-electron chi connectivity index (χ0n) is 10.2. The molecule has 0 aromatic heterocycles. The van der Waals surface area contributed by atoms with Crippen LogP contribution in [0.15, 0.2) is 57.5 Å². The highest BCUT2D eigenvalue weighted by atomic mass is 79.9. The summed E-state index contributed by atoms with van der Waals surface area (Å²) in [6, 6.07) is 15.3. The van der Waals surface area contributed by atoms with Gasteiger partial charge in [0.2, 0.25) is 0 Å². The molecule has 104 valence electrons. The number of halogens is 4. The van der Waals surface area contributed by atoms with Crippen LogP contribution in [-0.4, -0.2) is 10.6 Å². The number of carbonyl (C=O) groups excluding carboxylic acids is 1. The quantitative estimate of drug-likeness (QED) is 0.338. The molecule has 0 radical (unpaired) electrons. The molecule has 0 saturated heterocycles. The predicted molar refractivity (Wildman–Crippen MR) is 97.0 cm³/mol. The number of benzene rings is 2. The molecule has 5 heteroatoms. The number of rotatable bonds is 4. The van der Waals surface area contributed by atoms with Gasteiger partial charge in [0, 0.05) is 14.5 Å². The van der Waals surface area contributed by atoms with Gasteiger partial charge >= 0.3 is 0 Å². The van der Waals surface area contributed by atoms with Crippen LogP contribution in [0.5, 0.6) is 0 Å². The van der Waals surface area contributed by atoms with Crippen molar-refractivity contribution in [3.8, 4) is 0 Å². The third-order valence-electron chi connectivity index (χ3n) is 2.80. The van der Waals surface area contributed by atoms with Gasteiger partial charge in [0.15, 0.2) is 5.78 Å². The van der Waals surface area contributed by atoms with Crippen LogP contribution in [0.25, 0.3) is 0 Å². The van der Waals surface area contributed by atoms with Crippen LogP contribution >= 0.6 is 63.7 Å². The minimum Gasteiger partial charge on any atom is -0.293 e. The van der Waals surface area contributed by atoms with Gasteiger partial charge in [0.25, 0.3) is 0 Å². The molecule has 0 spiro atoms. The zero-order chi connectivity index (χ0) is 14.7. The fourth-order valence-corrected chi connectivity index (χ4v) is 3.53. The van der Waals surface area contributed by atoms with Crippen molar-refractivity contribution in [3.05, 3.63) is 68.6 Å². The van der Waals surface area contributed by atoms with Gasteiger partial charge in [-0.2, -0.15) is 0 Å². The molecule has 2 aromatic rings. The topological polar surface area (TPSA) is 17.1 Å². The van der Waals surface area contributed by atoms with Crippen LogP contribution in [0.4, 0.5) is 0 Å². The maximum Gasteiger partial charge on any atom is 0.177 e. The molecule has 0 amide bonds. The van der Waals surface area contributed by atoms with E-state index in [4.69, 9.17) is 0 Å². The Labute approximate surface area is 151 Å². The smallest absolute Gasteiger partial charge is 0.177 e. The van der Waals surface area contributed by atoms with E-state index in [9.17, 15) is 4.79 Å². The average Bonchev–Trinajstić information content (AvgIpc) is 2.46. The monoisotopic (exact) mass is 522 g/mol. The third kappa shape index (κ3) is 4.03. The van der Waals surface area contributed by atoms with E-state index in [-0.39, 0.29) is 15.4 Å². The molecule has 2 atom stereocenters. The maximum absolute atomic E-state index is 12.5. The molecule has 2 unspecified atom stereocenters. The Morgan fingerprint density at radius 2 is 1.55 bits per heavy atom. The number of carbonyl (C=O) groups is 1. The Balaban J connectivity index is 2.20. The highest BCUT2D eigenvalue weighted by molar-refractivity contribution is 9.12. The van der Waals surface area contributed by atoms with Crippen LogP contribution in [0.2, 0.25) is 0 Å². The largest absolute Gasteiger partial charge is 0.293 e. The molecular formula is C15H10Br4O. The Morgan fingerprint density at radius 1 is 0.900 bits per heavy atom. The molecule has 1 nitrogen and oxygen atoms in total. The molecule has 0 heterocycles. The van der Waals surface area contributed by atoms with Gasteiger partial charge in [0.1, 0.15) is 0 Å². The van der Waals surface area contributed by atoms with Crippen molar-refractivity contribution in [3.63, 3.8) is 0 Å². The first-order valence-corrected chi connectivity index (χ1v) is 9.24. The molecule has 0 fully saturated rings. The Kier molecular flexibility index (Phi) is 6.02. The highest BCUT2D eigenvalue weighted by Gasteiger charge is 2.26. The number of hydrogen-bond acceptors (Lipinski definition) is 1. The first-order chi connectivity index (χ1) is 9.49. The maximum atomic E-state index is 12.5. The molecular weight excluding hydrogens is 516 g/mol. The normalized spacial score (nSPS) is 13.8. The van der Waals surface area contributed by atoms with Gasteiger partial charge in [-0.1, -0.05) is 88.0 Å². The van der Waals surface area contributed by atoms with E-state index in [1.165, 1.54) is 0 Å². The highest BCUT2D eigenvalue weighted by Crippen LogP contribution is 2.34. The number of hydrogen-bond donors (Lipinski definition) is 0. The third-order valence-corrected chi connectivity index (χ3v) is 6.54. The zero-order valence-corrected chi connectivity index (χ0v) is 16.5. The van der Waals surface area contributed by atoms with Gasteiger partial charge in [0.05, 0.1) is 9.65 Å². The molecule has 0 aliphatic carbocycles. The summed E-state index contributed by atoms with van der Waals surface area (Å²) in [5.74, 6) is 0.0550. The first-order valence-electron chi connectivity index (χ1n) is 5.82. The average molecular weight is 526 g/mol. The van der Waals surface area contributed by atoms with Crippen LogP contribution in [0, 0.1) is 0 Å². The number of Topliss-reactive ketones (excluding diaryl/α,β-unsaturated/α-hetero) is 1. The number of ketones is 1. The van der Waals surface area contributed by atoms with E-state index >= 15 is 0 Å². The van der Waals surface area contributed by atoms with Crippen LogP contribution in [-0.2, 0) is 0 Å². The molecule has 2 aromatic carbocycles.